The van der Waals surface area contributed by atoms with Crippen molar-refractivity contribution in [2.75, 3.05) is 26.0 Å². The number of thiophene rings is 1. The molecule has 3 heterocycles. The summed E-state index contributed by atoms with van der Waals surface area (Å²) in [6.45, 7) is -13.3. The van der Waals surface area contributed by atoms with Crippen LogP contribution in [0.25, 0.3) is 10.2 Å². The maximum atomic E-state index is 13.4. The van der Waals surface area contributed by atoms with Crippen LogP contribution in [0.5, 0.6) is 5.75 Å². The number of piperidine rings is 1. The Morgan fingerprint density at radius 3 is 3.37 bits per heavy atom. The third-order valence-corrected chi connectivity index (χ3v) is 4.42. The molecule has 0 radical (unpaired) electrons. The topological polar surface area (TPSA) is 74.6 Å². The fraction of sp³-hybridized carbons (Fsp3) is 0.600. The van der Waals surface area contributed by atoms with E-state index >= 15 is 0 Å². The summed E-state index contributed by atoms with van der Waals surface area (Å²) in [6, 6.07) is -1.73. The van der Waals surface area contributed by atoms with Crippen LogP contribution in [-0.2, 0) is 0 Å². The molecular weight excluding hydrogens is 362 g/mol. The number of fused-ring (bicyclic) bond motifs is 1. The van der Waals surface area contributed by atoms with E-state index in [0.717, 1.165) is 13.0 Å². The lowest BCUT2D eigenvalue weighted by atomic mass is 10.0. The molecule has 1 saturated heterocycles. The van der Waals surface area contributed by atoms with Crippen LogP contribution >= 0.6 is 11.3 Å². The molecule has 2 atom stereocenters. The molecule has 0 saturated carbocycles. The quantitative estimate of drug-likeness (QED) is 0.770. The number of nitrogens with zero attached hydrogens (tertiary/aromatic N) is 2. The predicted octanol–water partition coefficient (Wildman–Crippen LogP) is 3.20. The average molecular weight is 409 g/mol. The first-order chi connectivity index (χ1) is 19.4. The van der Waals surface area contributed by atoms with Crippen LogP contribution in [0.1, 0.15) is 78.2 Å². The Bertz CT molecular complexity index is 1520. The van der Waals surface area contributed by atoms with Crippen molar-refractivity contribution in [3.05, 3.63) is 27.3 Å². The van der Waals surface area contributed by atoms with Crippen molar-refractivity contribution >= 4 is 27.5 Å². The summed E-state index contributed by atoms with van der Waals surface area (Å²) in [4.78, 5) is 26.5. The molecule has 148 valence electrons. The molecule has 1 fully saturated rings. The predicted molar refractivity (Wildman–Crippen MR) is 110 cm³/mol. The molecule has 0 bridgehead atoms. The lowest BCUT2D eigenvalue weighted by molar-refractivity contribution is 0.0945. The third kappa shape index (κ3) is 4.19. The van der Waals surface area contributed by atoms with Gasteiger partial charge in [-0.05, 0) is 63.3 Å². The van der Waals surface area contributed by atoms with Crippen molar-refractivity contribution < 1.29 is 33.2 Å². The van der Waals surface area contributed by atoms with Gasteiger partial charge in [-0.3, -0.25) is 9.59 Å². The van der Waals surface area contributed by atoms with E-state index < -0.39 is 86.7 Å². The molecule has 1 aliphatic rings. The number of nitrogens with one attached hydrogen (secondary N) is 1. The Balaban J connectivity index is 2.08. The van der Waals surface area contributed by atoms with Crippen molar-refractivity contribution in [1.82, 2.24) is 14.8 Å². The second-order valence-electron chi connectivity index (χ2n) is 5.56. The van der Waals surface area contributed by atoms with E-state index in [1.165, 1.54) is 0 Å². The Labute approximate surface area is 187 Å². The highest BCUT2D eigenvalue weighted by Crippen LogP contribution is 2.32. The van der Waals surface area contributed by atoms with Gasteiger partial charge in [-0.15, -0.1) is 11.3 Å². The van der Waals surface area contributed by atoms with Crippen molar-refractivity contribution in [1.29, 1.82) is 0 Å². The van der Waals surface area contributed by atoms with Crippen LogP contribution in [0.2, 0.25) is 1.41 Å². The van der Waals surface area contributed by atoms with Gasteiger partial charge in [-0.2, -0.15) is 0 Å². The van der Waals surface area contributed by atoms with Gasteiger partial charge in [0.1, 0.15) is 5.56 Å². The van der Waals surface area contributed by atoms with Crippen LogP contribution in [0.4, 0.5) is 0 Å². The van der Waals surface area contributed by atoms with Gasteiger partial charge in [-0.1, -0.05) is 6.92 Å². The zero-order valence-electron chi connectivity index (χ0n) is 31.5. The van der Waals surface area contributed by atoms with Gasteiger partial charge in [0, 0.05) is 38.3 Å². The molecule has 0 aliphatic carbocycles. The number of hydrogen-bond acceptors (Lipinski definition) is 5. The van der Waals surface area contributed by atoms with Gasteiger partial charge >= 0.3 is 0 Å². The number of carbonyl (C=O) groups is 1. The van der Waals surface area contributed by atoms with E-state index in [-0.39, 0.29) is 25.8 Å². The second-order valence-corrected chi connectivity index (χ2v) is 6.41. The van der Waals surface area contributed by atoms with Gasteiger partial charge in [0.25, 0.3) is 11.5 Å². The molecular formula is C20H29N3O3S. The molecule has 2 aromatic heterocycles. The third-order valence-electron chi connectivity index (χ3n) is 3.58. The van der Waals surface area contributed by atoms with E-state index in [1.54, 1.807) is 0 Å². The van der Waals surface area contributed by atoms with E-state index in [4.69, 9.17) is 23.3 Å². The first kappa shape index (κ1) is 7.52. The van der Waals surface area contributed by atoms with Crippen LogP contribution in [0, 0.1) is 5.89 Å². The molecule has 0 spiro atoms. The smallest absolute Gasteiger partial charge is 0.268 e. The van der Waals surface area contributed by atoms with Gasteiger partial charge < -0.3 is 19.9 Å². The molecule has 6 nitrogen and oxygen atoms in total. The number of aromatic hydroxyl groups is 1. The van der Waals surface area contributed by atoms with Crippen LogP contribution in [0.15, 0.2) is 16.2 Å². The summed E-state index contributed by atoms with van der Waals surface area (Å²) >= 11 is 0.531. The highest BCUT2D eigenvalue weighted by Gasteiger charge is 2.24. The summed E-state index contributed by atoms with van der Waals surface area (Å²) in [5.74, 6) is -5.75. The number of carbonyl (C=O) groups excluding carboxylic acids is 1. The van der Waals surface area contributed by atoms with Gasteiger partial charge in [0.05, 0.1) is 13.0 Å². The van der Waals surface area contributed by atoms with E-state index in [0.29, 0.717) is 22.8 Å². The van der Waals surface area contributed by atoms with Crippen molar-refractivity contribution in [3.8, 4) is 5.75 Å². The minimum absolute atomic E-state index is 0.0702. The van der Waals surface area contributed by atoms with Gasteiger partial charge in [-0.25, -0.2) is 0 Å². The van der Waals surface area contributed by atoms with Crippen molar-refractivity contribution in [3.63, 3.8) is 0 Å². The number of amides is 1. The summed E-state index contributed by atoms with van der Waals surface area (Å²) in [5, 5.41) is 10.4. The maximum Gasteiger partial charge on any atom is 0.268 e. The van der Waals surface area contributed by atoms with Gasteiger partial charge in [0.15, 0.2) is 7.16 Å². The molecule has 2 unspecified atom stereocenters. The fourth-order valence-corrected chi connectivity index (χ4v) is 3.18. The monoisotopic (exact) mass is 408 g/mol. The minimum atomic E-state index is -3.72. The van der Waals surface area contributed by atoms with E-state index in [2.05, 4.69) is 0 Å². The largest absolute Gasteiger partial charge is 0.505 e. The van der Waals surface area contributed by atoms with Crippen LogP contribution in [0.3, 0.4) is 0 Å². The Kier molecular flexibility index (Phi) is 2.35. The standard InChI is InChI=1S/C20H29N3O3S/c1-13(2)23-15-7-11-27-18(15)17(24)16(20(23)26)19(25)21-8-5-10-22-9-4-6-14(3)12-22/h7,11,13-14,24H,4-6,8-10,12H2,1-3H3,(H,21,25)/i1D3,4D2,6D2,9D2,10D2,11D,12D2,13D,14D/hD. The molecule has 2 N–H and O–H groups in total. The van der Waals surface area contributed by atoms with Crippen LogP contribution in [-0.4, -0.2) is 46.5 Å². The molecule has 27 heavy (non-hydrogen) atoms. The lowest BCUT2D eigenvalue weighted by Crippen LogP contribution is -2.37. The number of rotatable bonds is 6. The number of likely N-dealkylation sites (tertiary alicyclic amines) is 1. The second kappa shape index (κ2) is 8.44. The highest BCUT2D eigenvalue weighted by atomic mass is 32.1. The number of aromatic nitrogens is 1. The van der Waals surface area contributed by atoms with Crippen LogP contribution < -0.4 is 10.9 Å². The fourth-order valence-electron chi connectivity index (χ4n) is 2.44. The molecule has 0 aromatic carbocycles. The molecule has 7 heteroatoms. The first-order valence-corrected chi connectivity index (χ1v) is 8.67. The molecule has 1 amide bonds. The zero-order chi connectivity index (χ0) is 34.6. The summed E-state index contributed by atoms with van der Waals surface area (Å²) in [6.07, 6.45) is -8.29. The average Bonchev–Trinajstić information content (AvgIpc) is 3.21. The first-order valence-electron chi connectivity index (χ1n) is 16.3. The minimum Gasteiger partial charge on any atom is -0.505 e. The summed E-state index contributed by atoms with van der Waals surface area (Å²) in [7, 11) is 0. The molecule has 1 aliphatic heterocycles. The molecule has 3 rings (SSSR count). The van der Waals surface area contributed by atoms with Crippen molar-refractivity contribution in [2.45, 2.75) is 45.9 Å². The Morgan fingerprint density at radius 1 is 1.78 bits per heavy atom. The number of hydrogen-bond donors (Lipinski definition) is 2. The normalized spacial score (nSPS) is 40.9. The maximum absolute atomic E-state index is 13.4. The zero-order valence-corrected chi connectivity index (χ0v) is 15.3. The number of pyridine rings is 1. The summed E-state index contributed by atoms with van der Waals surface area (Å²) < 4.78 is 138. The SMILES string of the molecule is [2H]c1cc2c(s1)c(O)c(C(=O)N([2H])CCC([2H])([2H])N1C([2H])([2H])C([2H])([2H])C([2H])([2H])C([2H])(C)C1([2H])[2H])c(=O)n2C([2H])(C)C([2H])([2H])[2H]. The molecule has 2 aromatic rings. The van der Waals surface area contributed by atoms with Gasteiger partial charge in [0.2, 0.25) is 0 Å². The lowest BCUT2D eigenvalue weighted by Gasteiger charge is -2.30. The summed E-state index contributed by atoms with van der Waals surface area (Å²) in [5.41, 5.74) is -3.05. The Hall–Kier alpha value is -1.86. The van der Waals surface area contributed by atoms with E-state index in [1.807, 2.05) is 0 Å². The van der Waals surface area contributed by atoms with E-state index in [9.17, 15) is 14.7 Å². The highest BCUT2D eigenvalue weighted by molar-refractivity contribution is 7.17. The van der Waals surface area contributed by atoms with Crippen molar-refractivity contribution in [2.24, 2.45) is 5.89 Å². The Morgan fingerprint density at radius 2 is 2.59 bits per heavy atom.